The van der Waals surface area contributed by atoms with Crippen LogP contribution in [-0.2, 0) is 16.6 Å². The molecule has 2 aliphatic rings. The van der Waals surface area contributed by atoms with Gasteiger partial charge in [-0.05, 0) is 44.6 Å². The Morgan fingerprint density at radius 3 is 2.80 bits per heavy atom. The number of sulfonamides is 1. The summed E-state index contributed by atoms with van der Waals surface area (Å²) in [7, 11) is -3.38. The van der Waals surface area contributed by atoms with Crippen LogP contribution in [0.5, 0.6) is 0 Å². The van der Waals surface area contributed by atoms with Gasteiger partial charge in [0.1, 0.15) is 4.90 Å². The molecular formula is C13H22N4O2S. The molecule has 0 unspecified atom stereocenters. The molecule has 112 valence electrons. The predicted octanol–water partition coefficient (Wildman–Crippen LogP) is 0.713. The molecule has 0 aliphatic heterocycles. The summed E-state index contributed by atoms with van der Waals surface area (Å²) < 4.78 is 28.4. The van der Waals surface area contributed by atoms with E-state index in [1.807, 2.05) is 0 Å². The zero-order valence-electron chi connectivity index (χ0n) is 11.6. The van der Waals surface area contributed by atoms with Crippen LogP contribution < -0.4 is 10.0 Å². The molecule has 0 radical (unpaired) electrons. The SMILES string of the molecule is O=S(=O)(NCC1CC1)c1cnn(CCCNC2CC2)c1. The second-order valence-corrected chi connectivity index (χ2v) is 7.58. The highest BCUT2D eigenvalue weighted by Crippen LogP contribution is 2.28. The van der Waals surface area contributed by atoms with Gasteiger partial charge in [0.05, 0.1) is 6.20 Å². The third-order valence-electron chi connectivity index (χ3n) is 3.75. The van der Waals surface area contributed by atoms with Crippen LogP contribution in [0.1, 0.15) is 32.1 Å². The Hall–Kier alpha value is -0.920. The van der Waals surface area contributed by atoms with Gasteiger partial charge in [0, 0.05) is 25.3 Å². The third-order valence-corrected chi connectivity index (χ3v) is 5.13. The van der Waals surface area contributed by atoms with Crippen molar-refractivity contribution < 1.29 is 8.42 Å². The van der Waals surface area contributed by atoms with Gasteiger partial charge in [-0.3, -0.25) is 4.68 Å². The number of aromatic nitrogens is 2. The van der Waals surface area contributed by atoms with Crippen LogP contribution in [0.4, 0.5) is 0 Å². The molecule has 2 fully saturated rings. The van der Waals surface area contributed by atoms with E-state index in [0.29, 0.717) is 12.5 Å². The van der Waals surface area contributed by atoms with E-state index in [9.17, 15) is 8.42 Å². The zero-order valence-corrected chi connectivity index (χ0v) is 12.4. The molecule has 0 spiro atoms. The van der Waals surface area contributed by atoms with Crippen LogP contribution >= 0.6 is 0 Å². The summed E-state index contributed by atoms with van der Waals surface area (Å²) in [6.45, 7) is 2.27. The Morgan fingerprint density at radius 2 is 2.10 bits per heavy atom. The molecule has 1 aromatic heterocycles. The van der Waals surface area contributed by atoms with E-state index in [4.69, 9.17) is 0 Å². The molecule has 2 aliphatic carbocycles. The molecule has 7 heteroatoms. The molecule has 6 nitrogen and oxygen atoms in total. The average Bonchev–Trinajstić information content (AvgIpc) is 3.33. The smallest absolute Gasteiger partial charge is 0.243 e. The molecule has 1 aromatic rings. The normalized spacial score (nSPS) is 19.4. The van der Waals surface area contributed by atoms with E-state index in [-0.39, 0.29) is 4.90 Å². The predicted molar refractivity (Wildman–Crippen MR) is 75.8 cm³/mol. The molecule has 20 heavy (non-hydrogen) atoms. The minimum absolute atomic E-state index is 0.272. The van der Waals surface area contributed by atoms with Crippen LogP contribution in [0, 0.1) is 5.92 Å². The maximum atomic E-state index is 12.0. The first kappa shape index (κ1) is 14.0. The van der Waals surface area contributed by atoms with Gasteiger partial charge in [0.15, 0.2) is 0 Å². The summed E-state index contributed by atoms with van der Waals surface area (Å²) in [6.07, 6.45) is 8.86. The van der Waals surface area contributed by atoms with Crippen LogP contribution in [0.25, 0.3) is 0 Å². The van der Waals surface area contributed by atoms with E-state index in [0.717, 1.165) is 38.4 Å². The number of hydrogen-bond donors (Lipinski definition) is 2. The zero-order chi connectivity index (χ0) is 14.0. The summed E-state index contributed by atoms with van der Waals surface area (Å²) in [5.41, 5.74) is 0. The highest BCUT2D eigenvalue weighted by atomic mass is 32.2. The molecule has 0 saturated heterocycles. The highest BCUT2D eigenvalue weighted by molar-refractivity contribution is 7.89. The molecule has 0 amide bonds. The summed E-state index contributed by atoms with van der Waals surface area (Å²) >= 11 is 0. The van der Waals surface area contributed by atoms with Crippen molar-refractivity contribution in [2.75, 3.05) is 13.1 Å². The molecule has 3 rings (SSSR count). The van der Waals surface area contributed by atoms with Crippen molar-refractivity contribution in [3.05, 3.63) is 12.4 Å². The first-order valence-corrected chi connectivity index (χ1v) is 8.87. The second kappa shape index (κ2) is 5.83. The van der Waals surface area contributed by atoms with Crippen LogP contribution in [0.2, 0.25) is 0 Å². The van der Waals surface area contributed by atoms with Crippen molar-refractivity contribution in [3.63, 3.8) is 0 Å². The van der Waals surface area contributed by atoms with E-state index in [1.165, 1.54) is 19.0 Å². The van der Waals surface area contributed by atoms with Crippen molar-refractivity contribution in [2.24, 2.45) is 5.92 Å². The molecule has 0 aromatic carbocycles. The molecule has 0 bridgehead atoms. The lowest BCUT2D eigenvalue weighted by atomic mass is 10.4. The first-order valence-electron chi connectivity index (χ1n) is 7.39. The van der Waals surface area contributed by atoms with Crippen molar-refractivity contribution in [1.29, 1.82) is 0 Å². The lowest BCUT2D eigenvalue weighted by molar-refractivity contribution is 0.541. The summed E-state index contributed by atoms with van der Waals surface area (Å²) in [4.78, 5) is 0.272. The van der Waals surface area contributed by atoms with E-state index >= 15 is 0 Å². The highest BCUT2D eigenvalue weighted by Gasteiger charge is 2.25. The monoisotopic (exact) mass is 298 g/mol. The molecule has 2 N–H and O–H groups in total. The maximum Gasteiger partial charge on any atom is 0.243 e. The quantitative estimate of drug-likeness (QED) is 0.659. The number of nitrogens with one attached hydrogen (secondary N) is 2. The average molecular weight is 298 g/mol. The fraction of sp³-hybridized carbons (Fsp3) is 0.769. The van der Waals surface area contributed by atoms with Gasteiger partial charge in [-0.2, -0.15) is 5.10 Å². The van der Waals surface area contributed by atoms with Gasteiger partial charge in [-0.25, -0.2) is 13.1 Å². The lowest BCUT2D eigenvalue weighted by Crippen LogP contribution is -2.25. The Morgan fingerprint density at radius 1 is 1.30 bits per heavy atom. The van der Waals surface area contributed by atoms with Gasteiger partial charge in [-0.15, -0.1) is 0 Å². The Balaban J connectivity index is 1.46. The fourth-order valence-corrected chi connectivity index (χ4v) is 3.14. The summed E-state index contributed by atoms with van der Waals surface area (Å²) in [5.74, 6) is 0.535. The Bertz CT molecular complexity index is 546. The third kappa shape index (κ3) is 4.04. The minimum atomic E-state index is -3.38. The van der Waals surface area contributed by atoms with Crippen molar-refractivity contribution in [2.45, 2.75) is 49.6 Å². The number of hydrogen-bond acceptors (Lipinski definition) is 4. The second-order valence-electron chi connectivity index (χ2n) is 5.82. The lowest BCUT2D eigenvalue weighted by Gasteiger charge is -2.04. The van der Waals surface area contributed by atoms with Gasteiger partial charge in [0.25, 0.3) is 0 Å². The van der Waals surface area contributed by atoms with E-state index in [1.54, 1.807) is 10.9 Å². The first-order chi connectivity index (χ1) is 9.63. The molecule has 0 atom stereocenters. The van der Waals surface area contributed by atoms with Crippen LogP contribution in [-0.4, -0.2) is 37.3 Å². The number of rotatable bonds is 9. The molecular weight excluding hydrogens is 276 g/mol. The van der Waals surface area contributed by atoms with Crippen molar-refractivity contribution in [3.8, 4) is 0 Å². The van der Waals surface area contributed by atoms with Gasteiger partial charge in [0.2, 0.25) is 10.0 Å². The van der Waals surface area contributed by atoms with E-state index < -0.39 is 10.0 Å². The molecule has 1 heterocycles. The Kier molecular flexibility index (Phi) is 4.09. The van der Waals surface area contributed by atoms with Crippen LogP contribution in [0.15, 0.2) is 17.3 Å². The van der Waals surface area contributed by atoms with Gasteiger partial charge in [-0.1, -0.05) is 0 Å². The topological polar surface area (TPSA) is 76.0 Å². The maximum absolute atomic E-state index is 12.0. The number of aryl methyl sites for hydroxylation is 1. The van der Waals surface area contributed by atoms with Crippen molar-refractivity contribution >= 4 is 10.0 Å². The van der Waals surface area contributed by atoms with Crippen LogP contribution in [0.3, 0.4) is 0 Å². The van der Waals surface area contributed by atoms with Gasteiger partial charge >= 0.3 is 0 Å². The van der Waals surface area contributed by atoms with Crippen molar-refractivity contribution in [1.82, 2.24) is 19.8 Å². The van der Waals surface area contributed by atoms with Gasteiger partial charge < -0.3 is 5.32 Å². The fourth-order valence-electron chi connectivity index (χ4n) is 2.07. The largest absolute Gasteiger partial charge is 0.314 e. The standard InChI is InChI=1S/C13H22N4O2S/c18-20(19,16-8-11-2-3-11)13-9-15-17(10-13)7-1-6-14-12-4-5-12/h9-12,14,16H,1-8H2. The Labute approximate surface area is 120 Å². The minimum Gasteiger partial charge on any atom is -0.314 e. The van der Waals surface area contributed by atoms with E-state index in [2.05, 4.69) is 15.1 Å². The summed E-state index contributed by atoms with van der Waals surface area (Å²) in [6, 6.07) is 0.718. The molecule has 2 saturated carbocycles. The number of nitrogens with zero attached hydrogens (tertiary/aromatic N) is 2. The summed E-state index contributed by atoms with van der Waals surface area (Å²) in [5, 5.41) is 7.56.